The molecule has 19 heavy (non-hydrogen) atoms. The molecule has 0 aliphatic rings. The Labute approximate surface area is 110 Å². The monoisotopic (exact) mass is 265 g/mol. The number of aryl methyl sites for hydroxylation is 1. The van der Waals surface area contributed by atoms with Crippen LogP contribution in [0.4, 0.5) is 4.39 Å². The molecule has 0 saturated carbocycles. The summed E-state index contributed by atoms with van der Waals surface area (Å²) in [6.07, 6.45) is 1.74. The predicted molar refractivity (Wildman–Crippen MR) is 67.0 cm³/mol. The van der Waals surface area contributed by atoms with Crippen LogP contribution in [0.25, 0.3) is 0 Å². The smallest absolute Gasteiger partial charge is 0.138 e. The van der Waals surface area contributed by atoms with Crippen molar-refractivity contribution in [3.63, 3.8) is 0 Å². The molecule has 6 heteroatoms. The van der Waals surface area contributed by atoms with E-state index >= 15 is 0 Å². The molecule has 1 aromatic heterocycles. The molecule has 0 unspecified atom stereocenters. The topological polar surface area (TPSA) is 71.2 Å². The van der Waals surface area contributed by atoms with Crippen molar-refractivity contribution in [2.45, 2.75) is 11.8 Å². The largest absolute Gasteiger partial charge is 0.395 e. The summed E-state index contributed by atoms with van der Waals surface area (Å²) >= 11 is 0. The van der Waals surface area contributed by atoms with E-state index in [9.17, 15) is 14.6 Å². The van der Waals surface area contributed by atoms with Crippen molar-refractivity contribution >= 4 is 0 Å². The summed E-state index contributed by atoms with van der Waals surface area (Å²) in [6, 6.07) is 5.76. The molecule has 0 aliphatic heterocycles. The SMILES string of the molecule is Cn1ncnc1CC(CO)(CO)c1ccc(F)cc1. The summed E-state index contributed by atoms with van der Waals surface area (Å²) in [5.74, 6) is 0.291. The normalized spacial score (nSPS) is 11.8. The van der Waals surface area contributed by atoms with Gasteiger partial charge in [-0.05, 0) is 17.7 Å². The number of aliphatic hydroxyl groups excluding tert-OH is 2. The third kappa shape index (κ3) is 2.64. The van der Waals surface area contributed by atoms with Gasteiger partial charge >= 0.3 is 0 Å². The molecular weight excluding hydrogens is 249 g/mol. The van der Waals surface area contributed by atoms with Gasteiger partial charge in [-0.3, -0.25) is 4.68 Å². The Balaban J connectivity index is 2.37. The van der Waals surface area contributed by atoms with E-state index in [-0.39, 0.29) is 19.0 Å². The van der Waals surface area contributed by atoms with Crippen LogP contribution in [-0.2, 0) is 18.9 Å². The van der Waals surface area contributed by atoms with E-state index in [0.717, 1.165) is 0 Å². The standard InChI is InChI=1S/C13H16FN3O2/c1-17-12(15-9-16-17)6-13(7-18,8-19)10-2-4-11(14)5-3-10/h2-5,9,18-19H,6-8H2,1H3. The summed E-state index contributed by atoms with van der Waals surface area (Å²) in [7, 11) is 1.74. The molecule has 0 bridgehead atoms. The van der Waals surface area contributed by atoms with Crippen LogP contribution in [0.5, 0.6) is 0 Å². The maximum absolute atomic E-state index is 13.0. The maximum Gasteiger partial charge on any atom is 0.138 e. The fourth-order valence-corrected chi connectivity index (χ4v) is 2.03. The van der Waals surface area contributed by atoms with E-state index < -0.39 is 5.41 Å². The van der Waals surface area contributed by atoms with Gasteiger partial charge in [-0.2, -0.15) is 5.10 Å². The zero-order valence-corrected chi connectivity index (χ0v) is 10.6. The van der Waals surface area contributed by atoms with Crippen LogP contribution in [0.2, 0.25) is 0 Å². The highest BCUT2D eigenvalue weighted by molar-refractivity contribution is 5.28. The minimum absolute atomic E-state index is 0.262. The third-order valence-corrected chi connectivity index (χ3v) is 3.36. The molecule has 1 heterocycles. The van der Waals surface area contributed by atoms with Gasteiger partial charge < -0.3 is 10.2 Å². The first-order chi connectivity index (χ1) is 9.11. The fourth-order valence-electron chi connectivity index (χ4n) is 2.03. The Morgan fingerprint density at radius 2 is 1.84 bits per heavy atom. The van der Waals surface area contributed by atoms with Crippen molar-refractivity contribution in [2.24, 2.45) is 7.05 Å². The lowest BCUT2D eigenvalue weighted by molar-refractivity contribution is 0.114. The Morgan fingerprint density at radius 1 is 1.21 bits per heavy atom. The number of halogens is 1. The predicted octanol–water partition coefficient (Wildman–Crippen LogP) is 0.419. The minimum Gasteiger partial charge on any atom is -0.395 e. The summed E-state index contributed by atoms with van der Waals surface area (Å²) in [6.45, 7) is -0.524. The third-order valence-electron chi connectivity index (χ3n) is 3.36. The number of hydrogen-bond donors (Lipinski definition) is 2. The first-order valence-electron chi connectivity index (χ1n) is 5.92. The lowest BCUT2D eigenvalue weighted by atomic mass is 9.78. The number of rotatable bonds is 5. The zero-order chi connectivity index (χ0) is 13.9. The lowest BCUT2D eigenvalue weighted by Crippen LogP contribution is -2.38. The van der Waals surface area contributed by atoms with E-state index in [4.69, 9.17) is 0 Å². The molecule has 5 nitrogen and oxygen atoms in total. The van der Waals surface area contributed by atoms with Crippen LogP contribution in [0.3, 0.4) is 0 Å². The molecular formula is C13H16FN3O2. The van der Waals surface area contributed by atoms with Crippen LogP contribution in [0.1, 0.15) is 11.4 Å². The Morgan fingerprint density at radius 3 is 2.32 bits per heavy atom. The molecule has 2 rings (SSSR count). The number of benzene rings is 1. The van der Waals surface area contributed by atoms with Gasteiger partial charge in [0.1, 0.15) is 18.0 Å². The fraction of sp³-hybridized carbons (Fsp3) is 0.385. The second-order valence-electron chi connectivity index (χ2n) is 4.58. The van der Waals surface area contributed by atoms with Gasteiger partial charge in [-0.1, -0.05) is 12.1 Å². The first-order valence-corrected chi connectivity index (χ1v) is 5.92. The highest BCUT2D eigenvalue weighted by atomic mass is 19.1. The molecule has 0 atom stereocenters. The highest BCUT2D eigenvalue weighted by Crippen LogP contribution is 2.27. The number of nitrogens with zero attached hydrogens (tertiary/aromatic N) is 3. The molecule has 2 N–H and O–H groups in total. The van der Waals surface area contributed by atoms with Crippen LogP contribution >= 0.6 is 0 Å². The molecule has 0 spiro atoms. The number of hydrogen-bond acceptors (Lipinski definition) is 4. The van der Waals surface area contributed by atoms with Gasteiger partial charge in [0.15, 0.2) is 0 Å². The van der Waals surface area contributed by atoms with E-state index in [1.165, 1.54) is 18.5 Å². The Hall–Kier alpha value is -1.79. The summed E-state index contributed by atoms with van der Waals surface area (Å²) < 4.78 is 14.6. The summed E-state index contributed by atoms with van der Waals surface area (Å²) in [4.78, 5) is 4.10. The number of aromatic nitrogens is 3. The Kier molecular flexibility index (Phi) is 3.92. The minimum atomic E-state index is -0.894. The van der Waals surface area contributed by atoms with Crippen LogP contribution in [-0.4, -0.2) is 38.2 Å². The Bertz CT molecular complexity index is 535. The van der Waals surface area contributed by atoms with E-state index in [1.807, 2.05) is 0 Å². The average Bonchev–Trinajstić information content (AvgIpc) is 2.82. The second-order valence-corrected chi connectivity index (χ2v) is 4.58. The van der Waals surface area contributed by atoms with Crippen LogP contribution in [0, 0.1) is 5.82 Å². The van der Waals surface area contributed by atoms with E-state index in [0.29, 0.717) is 17.8 Å². The molecule has 1 aromatic carbocycles. The summed E-state index contributed by atoms with van der Waals surface area (Å²) in [5.41, 5.74) is -0.226. The van der Waals surface area contributed by atoms with Crippen LogP contribution < -0.4 is 0 Å². The van der Waals surface area contributed by atoms with Gasteiger partial charge in [0.25, 0.3) is 0 Å². The van der Waals surface area contributed by atoms with Gasteiger partial charge in [-0.15, -0.1) is 0 Å². The van der Waals surface area contributed by atoms with Gasteiger partial charge in [0.05, 0.1) is 13.2 Å². The van der Waals surface area contributed by atoms with Gasteiger partial charge in [-0.25, -0.2) is 9.37 Å². The van der Waals surface area contributed by atoms with Crippen molar-refractivity contribution in [2.75, 3.05) is 13.2 Å². The second kappa shape index (κ2) is 5.46. The first kappa shape index (κ1) is 13.6. The molecule has 2 aromatic rings. The van der Waals surface area contributed by atoms with Crippen molar-refractivity contribution in [3.05, 3.63) is 47.8 Å². The molecule has 0 amide bonds. The molecule has 0 fully saturated rings. The van der Waals surface area contributed by atoms with E-state index in [1.54, 1.807) is 23.9 Å². The van der Waals surface area contributed by atoms with Crippen LogP contribution in [0.15, 0.2) is 30.6 Å². The van der Waals surface area contributed by atoms with Gasteiger partial charge in [0.2, 0.25) is 0 Å². The van der Waals surface area contributed by atoms with Gasteiger partial charge in [0, 0.05) is 18.9 Å². The van der Waals surface area contributed by atoms with Crippen molar-refractivity contribution in [1.82, 2.24) is 14.8 Å². The zero-order valence-electron chi connectivity index (χ0n) is 10.6. The molecule has 0 saturated heterocycles. The summed E-state index contributed by atoms with van der Waals surface area (Å²) in [5, 5.41) is 23.3. The van der Waals surface area contributed by atoms with Crippen molar-refractivity contribution < 1.29 is 14.6 Å². The maximum atomic E-state index is 13.0. The molecule has 102 valence electrons. The van der Waals surface area contributed by atoms with Crippen molar-refractivity contribution in [3.8, 4) is 0 Å². The highest BCUT2D eigenvalue weighted by Gasteiger charge is 2.33. The molecule has 0 aliphatic carbocycles. The van der Waals surface area contributed by atoms with E-state index in [2.05, 4.69) is 10.1 Å². The lowest BCUT2D eigenvalue weighted by Gasteiger charge is -2.29. The average molecular weight is 265 g/mol. The quantitative estimate of drug-likeness (QED) is 0.822. The van der Waals surface area contributed by atoms with Crippen molar-refractivity contribution in [1.29, 1.82) is 0 Å². The number of aliphatic hydroxyl groups is 2. The molecule has 0 radical (unpaired) electrons.